The Labute approximate surface area is 92.3 Å². The van der Waals surface area contributed by atoms with Crippen molar-refractivity contribution >= 4 is 0 Å². The summed E-state index contributed by atoms with van der Waals surface area (Å²) in [4.78, 5) is 0. The predicted octanol–water partition coefficient (Wildman–Crippen LogP) is 3.01. The standard InChI is InChI=1S/C13H22O2/c1-11-9-12(15-11)5-8-13(10-14)6-3-2-4-7-13/h12,14H,1-10H2. The maximum Gasteiger partial charge on any atom is 0.105 e. The van der Waals surface area contributed by atoms with E-state index in [9.17, 15) is 5.11 Å². The maximum absolute atomic E-state index is 9.54. The summed E-state index contributed by atoms with van der Waals surface area (Å²) in [6.45, 7) is 4.13. The molecule has 2 heteroatoms. The van der Waals surface area contributed by atoms with E-state index in [2.05, 4.69) is 6.58 Å². The molecule has 1 unspecified atom stereocenters. The van der Waals surface area contributed by atoms with Crippen molar-refractivity contribution in [3.63, 3.8) is 0 Å². The molecule has 86 valence electrons. The molecule has 2 aliphatic rings. The lowest BCUT2D eigenvalue weighted by Crippen LogP contribution is -2.32. The molecule has 0 aromatic rings. The van der Waals surface area contributed by atoms with E-state index in [0.717, 1.165) is 25.0 Å². The molecule has 1 saturated heterocycles. The Morgan fingerprint density at radius 2 is 2.00 bits per heavy atom. The van der Waals surface area contributed by atoms with E-state index in [1.165, 1.54) is 32.1 Å². The number of aliphatic hydroxyl groups excluding tert-OH is 1. The molecule has 0 aromatic carbocycles. The van der Waals surface area contributed by atoms with Crippen LogP contribution in [0.5, 0.6) is 0 Å². The highest BCUT2D eigenvalue weighted by molar-refractivity contribution is 4.97. The average molecular weight is 210 g/mol. The van der Waals surface area contributed by atoms with Gasteiger partial charge in [0.1, 0.15) is 6.10 Å². The molecule has 1 heterocycles. The van der Waals surface area contributed by atoms with Crippen LogP contribution in [0, 0.1) is 5.41 Å². The van der Waals surface area contributed by atoms with Gasteiger partial charge in [-0.1, -0.05) is 25.8 Å². The molecule has 15 heavy (non-hydrogen) atoms. The van der Waals surface area contributed by atoms with Gasteiger partial charge in [-0.3, -0.25) is 0 Å². The van der Waals surface area contributed by atoms with Gasteiger partial charge < -0.3 is 9.84 Å². The summed E-state index contributed by atoms with van der Waals surface area (Å²) >= 11 is 0. The molecule has 0 bridgehead atoms. The first-order valence-electron chi connectivity index (χ1n) is 6.19. The van der Waals surface area contributed by atoms with Gasteiger partial charge in [0.25, 0.3) is 0 Å². The molecule has 2 rings (SSSR count). The Morgan fingerprint density at radius 1 is 1.33 bits per heavy atom. The molecule has 1 aliphatic heterocycles. The zero-order chi connectivity index (χ0) is 10.7. The fourth-order valence-corrected chi connectivity index (χ4v) is 2.90. The van der Waals surface area contributed by atoms with Gasteiger partial charge in [-0.25, -0.2) is 0 Å². The Kier molecular flexibility index (Phi) is 3.35. The molecular weight excluding hydrogens is 188 g/mol. The Bertz CT molecular complexity index is 221. The molecule has 0 aromatic heterocycles. The van der Waals surface area contributed by atoms with E-state index >= 15 is 0 Å². The van der Waals surface area contributed by atoms with E-state index in [4.69, 9.17) is 4.74 Å². The first-order chi connectivity index (χ1) is 7.24. The summed E-state index contributed by atoms with van der Waals surface area (Å²) in [6.07, 6.45) is 9.98. The molecule has 2 fully saturated rings. The highest BCUT2D eigenvalue weighted by Gasteiger charge is 2.33. The Morgan fingerprint density at radius 3 is 2.53 bits per heavy atom. The van der Waals surface area contributed by atoms with Crippen LogP contribution in [-0.2, 0) is 4.74 Å². The van der Waals surface area contributed by atoms with E-state index in [-0.39, 0.29) is 5.41 Å². The maximum atomic E-state index is 9.54. The summed E-state index contributed by atoms with van der Waals surface area (Å²) in [5.41, 5.74) is 0.221. The summed E-state index contributed by atoms with van der Waals surface area (Å²) < 4.78 is 5.44. The fraction of sp³-hybridized carbons (Fsp3) is 0.846. The second-order valence-electron chi connectivity index (χ2n) is 5.24. The van der Waals surface area contributed by atoms with Crippen molar-refractivity contribution in [3.05, 3.63) is 12.3 Å². The zero-order valence-electron chi connectivity index (χ0n) is 9.50. The highest BCUT2D eigenvalue weighted by Crippen LogP contribution is 2.41. The third-order valence-corrected chi connectivity index (χ3v) is 4.03. The van der Waals surface area contributed by atoms with E-state index in [1.54, 1.807) is 0 Å². The molecule has 0 spiro atoms. The van der Waals surface area contributed by atoms with Crippen molar-refractivity contribution in [1.29, 1.82) is 0 Å². The molecular formula is C13H22O2. The Hall–Kier alpha value is -0.500. The fourth-order valence-electron chi connectivity index (χ4n) is 2.90. The van der Waals surface area contributed by atoms with E-state index < -0.39 is 0 Å². The van der Waals surface area contributed by atoms with Crippen molar-refractivity contribution in [2.24, 2.45) is 5.41 Å². The summed E-state index contributed by atoms with van der Waals surface area (Å²) in [5, 5.41) is 9.54. The number of rotatable bonds is 4. The van der Waals surface area contributed by atoms with Crippen LogP contribution in [0.4, 0.5) is 0 Å². The smallest absolute Gasteiger partial charge is 0.105 e. The Balaban J connectivity index is 1.77. The highest BCUT2D eigenvalue weighted by atomic mass is 16.5. The molecule has 1 atom stereocenters. The van der Waals surface area contributed by atoms with Crippen LogP contribution in [0.2, 0.25) is 0 Å². The molecule has 1 saturated carbocycles. The molecule has 1 aliphatic carbocycles. The van der Waals surface area contributed by atoms with Crippen LogP contribution in [0.1, 0.15) is 51.4 Å². The summed E-state index contributed by atoms with van der Waals surface area (Å²) in [6, 6.07) is 0. The second kappa shape index (κ2) is 4.56. The number of ether oxygens (including phenoxy) is 1. The van der Waals surface area contributed by atoms with Crippen LogP contribution in [-0.4, -0.2) is 17.8 Å². The van der Waals surface area contributed by atoms with Crippen LogP contribution < -0.4 is 0 Å². The largest absolute Gasteiger partial charge is 0.495 e. The van der Waals surface area contributed by atoms with Gasteiger partial charge in [0.2, 0.25) is 0 Å². The molecule has 2 nitrogen and oxygen atoms in total. The summed E-state index contributed by atoms with van der Waals surface area (Å²) in [7, 11) is 0. The normalized spacial score (nSPS) is 29.4. The van der Waals surface area contributed by atoms with Crippen LogP contribution in [0.3, 0.4) is 0 Å². The first kappa shape index (κ1) is 11.0. The summed E-state index contributed by atoms with van der Waals surface area (Å²) in [5.74, 6) is 0.932. The lowest BCUT2D eigenvalue weighted by Gasteiger charge is -2.38. The first-order valence-corrected chi connectivity index (χ1v) is 6.19. The average Bonchev–Trinajstić information content (AvgIpc) is 2.24. The monoisotopic (exact) mass is 210 g/mol. The third kappa shape index (κ3) is 2.54. The van der Waals surface area contributed by atoms with E-state index in [0.29, 0.717) is 12.7 Å². The van der Waals surface area contributed by atoms with Crippen molar-refractivity contribution in [2.45, 2.75) is 57.5 Å². The quantitative estimate of drug-likeness (QED) is 0.773. The minimum Gasteiger partial charge on any atom is -0.495 e. The lowest BCUT2D eigenvalue weighted by molar-refractivity contribution is -0.00770. The van der Waals surface area contributed by atoms with Crippen molar-refractivity contribution in [2.75, 3.05) is 6.61 Å². The van der Waals surface area contributed by atoms with E-state index in [1.807, 2.05) is 0 Å². The van der Waals surface area contributed by atoms with Gasteiger partial charge in [0, 0.05) is 13.0 Å². The molecule has 0 radical (unpaired) electrons. The minimum atomic E-state index is 0.221. The van der Waals surface area contributed by atoms with Crippen LogP contribution in [0.25, 0.3) is 0 Å². The van der Waals surface area contributed by atoms with Crippen molar-refractivity contribution < 1.29 is 9.84 Å². The second-order valence-corrected chi connectivity index (χ2v) is 5.24. The van der Waals surface area contributed by atoms with Gasteiger partial charge in [0.15, 0.2) is 0 Å². The zero-order valence-corrected chi connectivity index (χ0v) is 9.50. The van der Waals surface area contributed by atoms with Crippen LogP contribution in [0.15, 0.2) is 12.3 Å². The topological polar surface area (TPSA) is 29.5 Å². The van der Waals surface area contributed by atoms with Gasteiger partial charge in [0.05, 0.1) is 5.76 Å². The SMILES string of the molecule is C=C1CC(CCC2(CO)CCCCC2)O1. The third-order valence-electron chi connectivity index (χ3n) is 4.03. The predicted molar refractivity (Wildman–Crippen MR) is 60.5 cm³/mol. The minimum absolute atomic E-state index is 0.221. The van der Waals surface area contributed by atoms with Gasteiger partial charge in [-0.05, 0) is 31.1 Å². The van der Waals surface area contributed by atoms with Gasteiger partial charge >= 0.3 is 0 Å². The number of aliphatic hydroxyl groups is 1. The number of hydrogen-bond donors (Lipinski definition) is 1. The van der Waals surface area contributed by atoms with Gasteiger partial charge in [-0.2, -0.15) is 0 Å². The number of hydrogen-bond acceptors (Lipinski definition) is 2. The molecule has 1 N–H and O–H groups in total. The van der Waals surface area contributed by atoms with Gasteiger partial charge in [-0.15, -0.1) is 0 Å². The lowest BCUT2D eigenvalue weighted by atomic mass is 9.71. The molecule has 0 amide bonds. The van der Waals surface area contributed by atoms with Crippen LogP contribution >= 0.6 is 0 Å². The van der Waals surface area contributed by atoms with Crippen molar-refractivity contribution in [1.82, 2.24) is 0 Å². The van der Waals surface area contributed by atoms with Crippen molar-refractivity contribution in [3.8, 4) is 0 Å².